The number of hydrogen-bond donors (Lipinski definition) is 1. The Hall–Kier alpha value is -2.30. The summed E-state index contributed by atoms with van der Waals surface area (Å²) in [4.78, 5) is 16.0. The van der Waals surface area contributed by atoms with Gasteiger partial charge >= 0.3 is 0 Å². The largest absolute Gasteiger partial charge is 0.323 e. The quantitative estimate of drug-likeness (QED) is 0.703. The number of nitriles is 1. The molecular formula is C13H6FN3OS2. The van der Waals surface area contributed by atoms with Crippen LogP contribution < -0.4 is 5.56 Å². The van der Waals surface area contributed by atoms with Crippen LogP contribution in [0.15, 0.2) is 34.4 Å². The SMILES string of the molecule is N#Cc1cc(-n2c(=S)[nH]c3sccc3c2=O)ccc1F. The van der Waals surface area contributed by atoms with Crippen LogP contribution in [-0.4, -0.2) is 9.55 Å². The van der Waals surface area contributed by atoms with Crippen molar-refractivity contribution >= 4 is 33.8 Å². The van der Waals surface area contributed by atoms with E-state index in [0.717, 1.165) is 6.07 Å². The van der Waals surface area contributed by atoms with Crippen molar-refractivity contribution in [3.05, 3.63) is 56.2 Å². The maximum Gasteiger partial charge on any atom is 0.267 e. The van der Waals surface area contributed by atoms with Gasteiger partial charge in [-0.25, -0.2) is 4.39 Å². The molecule has 7 heteroatoms. The fourth-order valence-electron chi connectivity index (χ4n) is 1.91. The predicted molar refractivity (Wildman–Crippen MR) is 77.3 cm³/mol. The lowest BCUT2D eigenvalue weighted by atomic mass is 10.2. The zero-order valence-corrected chi connectivity index (χ0v) is 11.5. The minimum Gasteiger partial charge on any atom is -0.323 e. The molecule has 4 nitrogen and oxygen atoms in total. The molecule has 0 bridgehead atoms. The van der Waals surface area contributed by atoms with E-state index in [2.05, 4.69) is 4.98 Å². The highest BCUT2D eigenvalue weighted by Gasteiger charge is 2.10. The Labute approximate surface area is 121 Å². The van der Waals surface area contributed by atoms with Crippen molar-refractivity contribution in [2.24, 2.45) is 0 Å². The Morgan fingerprint density at radius 2 is 2.20 bits per heavy atom. The van der Waals surface area contributed by atoms with Gasteiger partial charge in [-0.05, 0) is 41.9 Å². The fraction of sp³-hybridized carbons (Fsp3) is 0. The standard InChI is InChI=1S/C13H6FN3OS2/c14-10-2-1-8(5-7(10)6-15)17-12(18)9-3-4-20-11(9)16-13(17)19/h1-5H,(H,16,19). The van der Waals surface area contributed by atoms with Gasteiger partial charge in [-0.15, -0.1) is 11.3 Å². The highest BCUT2D eigenvalue weighted by atomic mass is 32.1. The van der Waals surface area contributed by atoms with Crippen molar-refractivity contribution in [3.8, 4) is 11.8 Å². The molecule has 0 saturated carbocycles. The number of fused-ring (bicyclic) bond motifs is 1. The summed E-state index contributed by atoms with van der Waals surface area (Å²) in [5.41, 5.74) is -0.0583. The van der Waals surface area contributed by atoms with E-state index in [9.17, 15) is 9.18 Å². The molecule has 0 unspecified atom stereocenters. The lowest BCUT2D eigenvalue weighted by Gasteiger charge is -2.07. The van der Waals surface area contributed by atoms with Crippen LogP contribution in [0.1, 0.15) is 5.56 Å². The Morgan fingerprint density at radius 3 is 2.95 bits per heavy atom. The van der Waals surface area contributed by atoms with Crippen LogP contribution in [0.4, 0.5) is 4.39 Å². The summed E-state index contributed by atoms with van der Waals surface area (Å²) in [6.07, 6.45) is 0. The summed E-state index contributed by atoms with van der Waals surface area (Å²) in [5, 5.41) is 11.1. The highest BCUT2D eigenvalue weighted by Crippen LogP contribution is 2.17. The Morgan fingerprint density at radius 1 is 1.40 bits per heavy atom. The summed E-state index contributed by atoms with van der Waals surface area (Å²) >= 11 is 6.55. The van der Waals surface area contributed by atoms with E-state index in [-0.39, 0.29) is 15.9 Å². The van der Waals surface area contributed by atoms with Crippen molar-refractivity contribution in [2.45, 2.75) is 0 Å². The average molecular weight is 303 g/mol. The molecule has 3 aromatic rings. The lowest BCUT2D eigenvalue weighted by Crippen LogP contribution is -2.19. The zero-order valence-electron chi connectivity index (χ0n) is 9.88. The minimum atomic E-state index is -0.629. The molecule has 98 valence electrons. The fourth-order valence-corrected chi connectivity index (χ4v) is 3.05. The predicted octanol–water partition coefficient (Wildman–Crippen LogP) is 3.12. The molecule has 0 spiro atoms. The second-order valence-electron chi connectivity index (χ2n) is 4.01. The molecule has 1 aromatic carbocycles. The summed E-state index contributed by atoms with van der Waals surface area (Å²) in [7, 11) is 0. The van der Waals surface area contributed by atoms with E-state index in [1.54, 1.807) is 17.5 Å². The van der Waals surface area contributed by atoms with Crippen LogP contribution in [0.5, 0.6) is 0 Å². The summed E-state index contributed by atoms with van der Waals surface area (Å²) in [6, 6.07) is 7.30. The number of H-pyrrole nitrogens is 1. The number of aromatic nitrogens is 2. The topological polar surface area (TPSA) is 61.6 Å². The Bertz CT molecular complexity index is 978. The molecule has 3 rings (SSSR count). The van der Waals surface area contributed by atoms with Crippen LogP contribution >= 0.6 is 23.6 Å². The van der Waals surface area contributed by atoms with Gasteiger partial charge in [0.25, 0.3) is 5.56 Å². The van der Waals surface area contributed by atoms with Gasteiger partial charge in [0.1, 0.15) is 16.7 Å². The molecule has 0 fully saturated rings. The van der Waals surface area contributed by atoms with E-state index in [4.69, 9.17) is 17.5 Å². The molecule has 2 aromatic heterocycles. The van der Waals surface area contributed by atoms with Crippen LogP contribution in [0.2, 0.25) is 0 Å². The maximum atomic E-state index is 13.3. The molecular weight excluding hydrogens is 297 g/mol. The second-order valence-corrected chi connectivity index (χ2v) is 5.31. The number of halogens is 1. The Kier molecular flexibility index (Phi) is 2.97. The highest BCUT2D eigenvalue weighted by molar-refractivity contribution is 7.71. The molecule has 0 aliphatic heterocycles. The molecule has 2 heterocycles. The van der Waals surface area contributed by atoms with Gasteiger partial charge in [0.15, 0.2) is 4.77 Å². The first kappa shape index (κ1) is 12.7. The number of aromatic amines is 1. The zero-order chi connectivity index (χ0) is 14.3. The number of nitrogens with one attached hydrogen (secondary N) is 1. The van der Waals surface area contributed by atoms with Gasteiger partial charge in [-0.2, -0.15) is 5.26 Å². The third-order valence-electron chi connectivity index (χ3n) is 2.85. The smallest absolute Gasteiger partial charge is 0.267 e. The average Bonchev–Trinajstić information content (AvgIpc) is 2.89. The number of hydrogen-bond acceptors (Lipinski definition) is 4. The van der Waals surface area contributed by atoms with E-state index >= 15 is 0 Å². The summed E-state index contributed by atoms with van der Waals surface area (Å²) in [5.74, 6) is -0.629. The number of thiophene rings is 1. The van der Waals surface area contributed by atoms with Crippen LogP contribution in [0, 0.1) is 21.9 Å². The van der Waals surface area contributed by atoms with Gasteiger partial charge < -0.3 is 4.98 Å². The molecule has 0 saturated heterocycles. The van der Waals surface area contributed by atoms with Gasteiger partial charge in [-0.3, -0.25) is 9.36 Å². The van der Waals surface area contributed by atoms with Crippen LogP contribution in [-0.2, 0) is 0 Å². The van der Waals surface area contributed by atoms with Crippen molar-refractivity contribution in [1.29, 1.82) is 5.26 Å². The lowest BCUT2D eigenvalue weighted by molar-refractivity contribution is 0.623. The van der Waals surface area contributed by atoms with E-state index < -0.39 is 5.82 Å². The molecule has 0 aliphatic carbocycles. The van der Waals surface area contributed by atoms with Gasteiger partial charge in [0, 0.05) is 0 Å². The molecule has 0 radical (unpaired) electrons. The molecule has 1 N–H and O–H groups in total. The maximum absolute atomic E-state index is 13.3. The van der Waals surface area contributed by atoms with E-state index in [0.29, 0.717) is 15.9 Å². The van der Waals surface area contributed by atoms with Gasteiger partial charge in [0.2, 0.25) is 0 Å². The third-order valence-corrected chi connectivity index (χ3v) is 3.97. The number of benzene rings is 1. The van der Waals surface area contributed by atoms with Crippen molar-refractivity contribution in [1.82, 2.24) is 9.55 Å². The van der Waals surface area contributed by atoms with Crippen LogP contribution in [0.3, 0.4) is 0 Å². The molecule has 0 aliphatic rings. The van der Waals surface area contributed by atoms with Crippen molar-refractivity contribution < 1.29 is 4.39 Å². The normalized spacial score (nSPS) is 10.6. The third kappa shape index (κ3) is 1.86. The first-order chi connectivity index (χ1) is 9.61. The molecule has 0 amide bonds. The second kappa shape index (κ2) is 4.67. The number of nitrogens with zero attached hydrogens (tertiary/aromatic N) is 2. The van der Waals surface area contributed by atoms with Crippen molar-refractivity contribution in [3.63, 3.8) is 0 Å². The Balaban J connectivity index is 2.38. The van der Waals surface area contributed by atoms with Gasteiger partial charge in [-0.1, -0.05) is 0 Å². The van der Waals surface area contributed by atoms with E-state index in [1.165, 1.54) is 28.0 Å². The first-order valence-electron chi connectivity index (χ1n) is 5.54. The van der Waals surface area contributed by atoms with Gasteiger partial charge in [0.05, 0.1) is 16.6 Å². The molecule has 20 heavy (non-hydrogen) atoms. The number of rotatable bonds is 1. The first-order valence-corrected chi connectivity index (χ1v) is 6.83. The molecule has 0 atom stereocenters. The monoisotopic (exact) mass is 303 g/mol. The summed E-state index contributed by atoms with van der Waals surface area (Å²) < 4.78 is 14.8. The summed E-state index contributed by atoms with van der Waals surface area (Å²) in [6.45, 7) is 0. The van der Waals surface area contributed by atoms with Crippen molar-refractivity contribution in [2.75, 3.05) is 0 Å². The van der Waals surface area contributed by atoms with Crippen LogP contribution in [0.25, 0.3) is 15.9 Å². The minimum absolute atomic E-state index is 0.130. The van der Waals surface area contributed by atoms with E-state index in [1.807, 2.05) is 0 Å².